The number of hydrazine groups is 1. The van der Waals surface area contributed by atoms with Crippen LogP contribution < -0.4 is 16.8 Å². The molecule has 5 nitrogen and oxygen atoms in total. The number of hydrogen-bond acceptors (Lipinski definition) is 3. The lowest BCUT2D eigenvalue weighted by Gasteiger charge is -2.10. The van der Waals surface area contributed by atoms with E-state index in [1.54, 1.807) is 18.2 Å². The summed E-state index contributed by atoms with van der Waals surface area (Å²) >= 11 is 0. The molecule has 2 rings (SSSR count). The molecule has 0 aliphatic carbocycles. The van der Waals surface area contributed by atoms with Crippen LogP contribution in [0.2, 0.25) is 0 Å². The first-order chi connectivity index (χ1) is 9.04. The summed E-state index contributed by atoms with van der Waals surface area (Å²) in [6, 6.07) is 8.74. The molecule has 0 aliphatic heterocycles. The Morgan fingerprint density at radius 3 is 2.42 bits per heavy atom. The van der Waals surface area contributed by atoms with Gasteiger partial charge in [0.25, 0.3) is 11.5 Å². The van der Waals surface area contributed by atoms with Crippen molar-refractivity contribution in [2.45, 2.75) is 0 Å². The van der Waals surface area contributed by atoms with Crippen LogP contribution in [0.3, 0.4) is 0 Å². The fraction of sp³-hybridized carbons (Fsp3) is 0.0769. The van der Waals surface area contributed by atoms with Gasteiger partial charge in [-0.2, -0.15) is 0 Å². The Labute approximate surface area is 108 Å². The number of halogens is 1. The standard InChI is InChI=1S/C13H12FN3O2/c1-17-11(8-2-4-9(14)5-3-8)7-6-10(13(17)19)12(18)16-15/h2-7H,15H2,1H3,(H,16,18). The number of aromatic nitrogens is 1. The van der Waals surface area contributed by atoms with Gasteiger partial charge in [-0.05, 0) is 42.0 Å². The predicted molar refractivity (Wildman–Crippen MR) is 68.7 cm³/mol. The SMILES string of the molecule is Cn1c(-c2ccc(F)cc2)ccc(C(=O)NN)c1=O. The molecule has 3 N–H and O–H groups in total. The molecule has 0 bridgehead atoms. The van der Waals surface area contributed by atoms with E-state index in [0.29, 0.717) is 11.3 Å². The Morgan fingerprint density at radius 1 is 1.21 bits per heavy atom. The molecule has 0 unspecified atom stereocenters. The summed E-state index contributed by atoms with van der Waals surface area (Å²) in [5.74, 6) is 4.00. The van der Waals surface area contributed by atoms with Crippen LogP contribution in [0, 0.1) is 5.82 Å². The molecular formula is C13H12FN3O2. The molecule has 1 aromatic carbocycles. The van der Waals surface area contributed by atoms with Crippen molar-refractivity contribution in [3.05, 3.63) is 58.1 Å². The van der Waals surface area contributed by atoms with Crippen LogP contribution in [0.1, 0.15) is 10.4 Å². The summed E-state index contributed by atoms with van der Waals surface area (Å²) in [7, 11) is 1.54. The maximum absolute atomic E-state index is 12.9. The number of benzene rings is 1. The second-order valence-electron chi connectivity index (χ2n) is 3.98. The van der Waals surface area contributed by atoms with Gasteiger partial charge in [0, 0.05) is 7.05 Å². The third kappa shape index (κ3) is 2.38. The van der Waals surface area contributed by atoms with E-state index in [9.17, 15) is 14.0 Å². The van der Waals surface area contributed by atoms with Crippen LogP contribution in [-0.2, 0) is 7.05 Å². The van der Waals surface area contributed by atoms with E-state index in [2.05, 4.69) is 0 Å². The molecule has 19 heavy (non-hydrogen) atoms. The van der Waals surface area contributed by atoms with Crippen molar-refractivity contribution < 1.29 is 9.18 Å². The number of nitrogens with zero attached hydrogens (tertiary/aromatic N) is 1. The molecule has 0 radical (unpaired) electrons. The second kappa shape index (κ2) is 5.03. The van der Waals surface area contributed by atoms with E-state index < -0.39 is 11.5 Å². The van der Waals surface area contributed by atoms with Gasteiger partial charge in [0.1, 0.15) is 11.4 Å². The fourth-order valence-electron chi connectivity index (χ4n) is 1.80. The van der Waals surface area contributed by atoms with Gasteiger partial charge < -0.3 is 4.57 Å². The molecule has 2 aromatic rings. The van der Waals surface area contributed by atoms with Gasteiger partial charge in [-0.3, -0.25) is 15.0 Å². The summed E-state index contributed by atoms with van der Waals surface area (Å²) in [6.07, 6.45) is 0. The van der Waals surface area contributed by atoms with Gasteiger partial charge >= 0.3 is 0 Å². The zero-order valence-corrected chi connectivity index (χ0v) is 10.2. The highest BCUT2D eigenvalue weighted by Gasteiger charge is 2.12. The number of nitrogen functional groups attached to an aromatic ring is 1. The monoisotopic (exact) mass is 261 g/mol. The maximum atomic E-state index is 12.9. The third-order valence-electron chi connectivity index (χ3n) is 2.82. The van der Waals surface area contributed by atoms with Crippen molar-refractivity contribution >= 4 is 5.91 Å². The molecule has 1 amide bonds. The largest absolute Gasteiger partial charge is 0.311 e. The molecule has 0 saturated carbocycles. The molecule has 6 heteroatoms. The Kier molecular flexibility index (Phi) is 3.43. The molecule has 0 fully saturated rings. The molecule has 0 aliphatic rings. The van der Waals surface area contributed by atoms with Crippen LogP contribution >= 0.6 is 0 Å². The lowest BCUT2D eigenvalue weighted by atomic mass is 10.1. The Bertz CT molecular complexity index is 677. The Morgan fingerprint density at radius 2 is 1.84 bits per heavy atom. The quantitative estimate of drug-likeness (QED) is 0.477. The third-order valence-corrected chi connectivity index (χ3v) is 2.82. The van der Waals surface area contributed by atoms with E-state index in [0.717, 1.165) is 0 Å². The fourth-order valence-corrected chi connectivity index (χ4v) is 1.80. The zero-order chi connectivity index (χ0) is 14.0. The van der Waals surface area contributed by atoms with Gasteiger partial charge in [-0.1, -0.05) is 0 Å². The van der Waals surface area contributed by atoms with Crippen molar-refractivity contribution in [3.63, 3.8) is 0 Å². The number of hydrogen-bond donors (Lipinski definition) is 2. The lowest BCUT2D eigenvalue weighted by Crippen LogP contribution is -2.36. The number of carbonyl (C=O) groups is 1. The minimum absolute atomic E-state index is 0.0455. The highest BCUT2D eigenvalue weighted by molar-refractivity contribution is 5.93. The molecule has 1 aromatic heterocycles. The summed E-state index contributed by atoms with van der Waals surface area (Å²) in [5, 5.41) is 0. The van der Waals surface area contributed by atoms with E-state index in [1.165, 1.54) is 29.8 Å². The zero-order valence-electron chi connectivity index (χ0n) is 10.2. The molecule has 0 saturated heterocycles. The van der Waals surface area contributed by atoms with Crippen molar-refractivity contribution in [1.82, 2.24) is 9.99 Å². The summed E-state index contributed by atoms with van der Waals surface area (Å²) in [5.41, 5.74) is 2.66. The van der Waals surface area contributed by atoms with Gasteiger partial charge in [-0.15, -0.1) is 0 Å². The van der Waals surface area contributed by atoms with Crippen LogP contribution in [0.25, 0.3) is 11.3 Å². The molecule has 98 valence electrons. The van der Waals surface area contributed by atoms with Crippen molar-refractivity contribution in [2.75, 3.05) is 0 Å². The summed E-state index contributed by atoms with van der Waals surface area (Å²) < 4.78 is 14.2. The second-order valence-corrected chi connectivity index (χ2v) is 3.98. The first-order valence-electron chi connectivity index (χ1n) is 5.51. The van der Waals surface area contributed by atoms with E-state index in [-0.39, 0.29) is 11.4 Å². The van der Waals surface area contributed by atoms with Crippen molar-refractivity contribution in [3.8, 4) is 11.3 Å². The summed E-state index contributed by atoms with van der Waals surface area (Å²) in [6.45, 7) is 0. The van der Waals surface area contributed by atoms with Crippen LogP contribution in [0.5, 0.6) is 0 Å². The predicted octanol–water partition coefficient (Wildman–Crippen LogP) is 0.795. The molecule has 0 spiro atoms. The van der Waals surface area contributed by atoms with E-state index in [4.69, 9.17) is 5.84 Å². The Balaban J connectivity index is 2.56. The van der Waals surface area contributed by atoms with E-state index >= 15 is 0 Å². The van der Waals surface area contributed by atoms with Gasteiger partial charge in [0.05, 0.1) is 5.69 Å². The molecule has 0 atom stereocenters. The Hall–Kier alpha value is -2.47. The van der Waals surface area contributed by atoms with Gasteiger partial charge in [0.2, 0.25) is 0 Å². The minimum Gasteiger partial charge on any atom is -0.311 e. The number of carbonyl (C=O) groups excluding carboxylic acids is 1. The number of nitrogens with two attached hydrogens (primary N) is 1. The van der Waals surface area contributed by atoms with Crippen molar-refractivity contribution in [2.24, 2.45) is 12.9 Å². The average molecular weight is 261 g/mol. The lowest BCUT2D eigenvalue weighted by molar-refractivity contribution is 0.0951. The first-order valence-corrected chi connectivity index (χ1v) is 5.51. The molecular weight excluding hydrogens is 249 g/mol. The highest BCUT2D eigenvalue weighted by Crippen LogP contribution is 2.17. The van der Waals surface area contributed by atoms with Crippen LogP contribution in [0.4, 0.5) is 4.39 Å². The smallest absolute Gasteiger partial charge is 0.270 e. The van der Waals surface area contributed by atoms with Crippen LogP contribution in [0.15, 0.2) is 41.2 Å². The number of nitrogens with one attached hydrogen (secondary N) is 1. The number of rotatable bonds is 2. The minimum atomic E-state index is -0.647. The first kappa shape index (κ1) is 13.0. The van der Waals surface area contributed by atoms with Crippen LogP contribution in [-0.4, -0.2) is 10.5 Å². The topological polar surface area (TPSA) is 77.1 Å². The maximum Gasteiger partial charge on any atom is 0.270 e. The molecule has 1 heterocycles. The number of pyridine rings is 1. The van der Waals surface area contributed by atoms with Gasteiger partial charge in [-0.25, -0.2) is 10.2 Å². The van der Waals surface area contributed by atoms with E-state index in [1.807, 2.05) is 5.43 Å². The average Bonchev–Trinajstić information content (AvgIpc) is 2.42. The van der Waals surface area contributed by atoms with Crippen molar-refractivity contribution in [1.29, 1.82) is 0 Å². The number of amides is 1. The summed E-state index contributed by atoms with van der Waals surface area (Å²) in [4.78, 5) is 23.4. The highest BCUT2D eigenvalue weighted by atomic mass is 19.1. The normalized spacial score (nSPS) is 10.3. The van der Waals surface area contributed by atoms with Gasteiger partial charge in [0.15, 0.2) is 0 Å².